The van der Waals surface area contributed by atoms with Crippen LogP contribution in [0.4, 0.5) is 0 Å². The molecular formula is C18H14N2O4. The Bertz CT molecular complexity index is 840. The standard InChI is InChI=1S/C18H14N2O4/c1-23-14-9-5-8-13(10-14)17-15(11-19)16(18(24-17)20(21)22)12-6-3-2-4-7-12/h2-10,16,18H,1H3/t16-,18-/m0/s1. The molecule has 0 saturated heterocycles. The van der Waals surface area contributed by atoms with Gasteiger partial charge in [0.1, 0.15) is 17.4 Å². The van der Waals surface area contributed by atoms with E-state index in [-0.39, 0.29) is 11.3 Å². The molecule has 0 fully saturated rings. The first-order valence-electron chi connectivity index (χ1n) is 7.29. The molecule has 0 radical (unpaired) electrons. The Morgan fingerprint density at radius 3 is 2.58 bits per heavy atom. The van der Waals surface area contributed by atoms with E-state index in [0.717, 1.165) is 0 Å². The first-order valence-corrected chi connectivity index (χ1v) is 7.29. The summed E-state index contributed by atoms with van der Waals surface area (Å²) in [6.07, 6.45) is -1.33. The Hall–Kier alpha value is -3.33. The van der Waals surface area contributed by atoms with Crippen LogP contribution in [0.2, 0.25) is 0 Å². The van der Waals surface area contributed by atoms with Crippen molar-refractivity contribution in [2.45, 2.75) is 12.1 Å². The zero-order valence-corrected chi connectivity index (χ0v) is 12.9. The summed E-state index contributed by atoms with van der Waals surface area (Å²) in [6.45, 7) is 0. The van der Waals surface area contributed by atoms with E-state index in [1.165, 1.54) is 7.11 Å². The fraction of sp³-hybridized carbons (Fsp3) is 0.167. The Morgan fingerprint density at radius 1 is 1.21 bits per heavy atom. The molecule has 2 aromatic rings. The monoisotopic (exact) mass is 322 g/mol. The van der Waals surface area contributed by atoms with E-state index in [1.54, 1.807) is 48.5 Å². The molecule has 2 atom stereocenters. The van der Waals surface area contributed by atoms with Gasteiger partial charge in [-0.3, -0.25) is 10.1 Å². The van der Waals surface area contributed by atoms with E-state index < -0.39 is 17.1 Å². The maximum atomic E-state index is 11.5. The minimum absolute atomic E-state index is 0.229. The molecule has 2 aromatic carbocycles. The molecule has 6 nitrogen and oxygen atoms in total. The maximum Gasteiger partial charge on any atom is 0.365 e. The van der Waals surface area contributed by atoms with Crippen LogP contribution in [-0.2, 0) is 4.74 Å². The van der Waals surface area contributed by atoms with E-state index in [2.05, 4.69) is 6.07 Å². The lowest BCUT2D eigenvalue weighted by atomic mass is 9.90. The molecule has 0 N–H and O–H groups in total. The first-order chi connectivity index (χ1) is 11.7. The molecule has 0 spiro atoms. The van der Waals surface area contributed by atoms with Crippen LogP contribution in [0.25, 0.3) is 5.76 Å². The SMILES string of the molecule is COc1cccc(C2=C(C#N)[C@H](c3ccccc3)[C@@H]([N+](=O)[O-])O2)c1. The van der Waals surface area contributed by atoms with E-state index in [0.29, 0.717) is 16.9 Å². The van der Waals surface area contributed by atoms with Crippen LogP contribution in [0.15, 0.2) is 60.2 Å². The highest BCUT2D eigenvalue weighted by atomic mass is 16.7. The van der Waals surface area contributed by atoms with Crippen molar-refractivity contribution in [1.29, 1.82) is 5.26 Å². The third-order valence-corrected chi connectivity index (χ3v) is 3.90. The number of benzene rings is 2. The Kier molecular flexibility index (Phi) is 4.17. The molecule has 6 heteroatoms. The average Bonchev–Trinajstić information content (AvgIpc) is 3.02. The number of hydrogen-bond acceptors (Lipinski definition) is 5. The zero-order valence-electron chi connectivity index (χ0n) is 12.9. The molecule has 1 aliphatic rings. The van der Waals surface area contributed by atoms with Gasteiger partial charge in [0.05, 0.1) is 23.7 Å². The van der Waals surface area contributed by atoms with Gasteiger partial charge >= 0.3 is 6.23 Å². The summed E-state index contributed by atoms with van der Waals surface area (Å²) < 4.78 is 10.8. The predicted molar refractivity (Wildman–Crippen MR) is 86.6 cm³/mol. The van der Waals surface area contributed by atoms with Crippen molar-refractivity contribution < 1.29 is 14.4 Å². The molecule has 1 aliphatic heterocycles. The lowest BCUT2D eigenvalue weighted by Crippen LogP contribution is -2.26. The van der Waals surface area contributed by atoms with Crippen molar-refractivity contribution in [2.75, 3.05) is 7.11 Å². The van der Waals surface area contributed by atoms with Gasteiger partial charge in [0.2, 0.25) is 0 Å². The smallest absolute Gasteiger partial charge is 0.365 e. The van der Waals surface area contributed by atoms with Crippen LogP contribution >= 0.6 is 0 Å². The first kappa shape index (κ1) is 15.6. The molecule has 3 rings (SSSR count). The largest absolute Gasteiger partial charge is 0.497 e. The molecule has 0 amide bonds. The third-order valence-electron chi connectivity index (χ3n) is 3.90. The fourth-order valence-corrected chi connectivity index (χ4v) is 2.80. The summed E-state index contributed by atoms with van der Waals surface area (Å²) in [6, 6.07) is 17.9. The van der Waals surface area contributed by atoms with Gasteiger partial charge in [-0.25, -0.2) is 0 Å². The van der Waals surface area contributed by atoms with Crippen molar-refractivity contribution in [2.24, 2.45) is 0 Å². The maximum absolute atomic E-state index is 11.5. The number of methoxy groups -OCH3 is 1. The summed E-state index contributed by atoms with van der Waals surface area (Å²) in [5.74, 6) is 0.0704. The van der Waals surface area contributed by atoms with Gasteiger partial charge in [-0.15, -0.1) is 0 Å². The van der Waals surface area contributed by atoms with Crippen molar-refractivity contribution in [3.8, 4) is 11.8 Å². The van der Waals surface area contributed by atoms with Crippen molar-refractivity contribution in [3.05, 3.63) is 81.4 Å². The van der Waals surface area contributed by atoms with Gasteiger partial charge < -0.3 is 9.47 Å². The second-order valence-electron chi connectivity index (χ2n) is 5.27. The van der Waals surface area contributed by atoms with Gasteiger partial charge in [0.15, 0.2) is 0 Å². The lowest BCUT2D eigenvalue weighted by molar-refractivity contribution is -0.567. The lowest BCUT2D eigenvalue weighted by Gasteiger charge is -2.12. The number of rotatable bonds is 4. The number of nitrogens with zero attached hydrogens (tertiary/aromatic N) is 2. The van der Waals surface area contributed by atoms with Crippen molar-refractivity contribution in [1.82, 2.24) is 0 Å². The summed E-state index contributed by atoms with van der Waals surface area (Å²) in [4.78, 5) is 11.0. The van der Waals surface area contributed by atoms with E-state index in [4.69, 9.17) is 9.47 Å². The van der Waals surface area contributed by atoms with Crippen LogP contribution in [0.1, 0.15) is 17.0 Å². The predicted octanol–water partition coefficient (Wildman–Crippen LogP) is 3.35. The van der Waals surface area contributed by atoms with Gasteiger partial charge in [0.25, 0.3) is 0 Å². The fourth-order valence-electron chi connectivity index (χ4n) is 2.80. The molecule has 0 saturated carbocycles. The quantitative estimate of drug-likeness (QED) is 0.636. The van der Waals surface area contributed by atoms with Gasteiger partial charge in [-0.1, -0.05) is 42.5 Å². The van der Waals surface area contributed by atoms with Crippen LogP contribution in [-0.4, -0.2) is 18.3 Å². The Balaban J connectivity index is 2.13. The van der Waals surface area contributed by atoms with Crippen molar-refractivity contribution >= 4 is 5.76 Å². The van der Waals surface area contributed by atoms with Crippen LogP contribution in [0, 0.1) is 21.4 Å². The highest BCUT2D eigenvalue weighted by Crippen LogP contribution is 2.43. The minimum atomic E-state index is -1.33. The number of nitriles is 1. The molecule has 0 aliphatic carbocycles. The van der Waals surface area contributed by atoms with Gasteiger partial charge in [-0.2, -0.15) is 5.26 Å². The second kappa shape index (κ2) is 6.42. The normalized spacial score (nSPS) is 19.5. The Labute approximate surface area is 138 Å². The topological polar surface area (TPSA) is 85.4 Å². The molecule has 120 valence electrons. The molecule has 0 aromatic heterocycles. The molecule has 0 bridgehead atoms. The highest BCUT2D eigenvalue weighted by Gasteiger charge is 2.46. The van der Waals surface area contributed by atoms with E-state index in [1.807, 2.05) is 6.07 Å². The number of hydrogen-bond donors (Lipinski definition) is 0. The van der Waals surface area contributed by atoms with Crippen LogP contribution in [0.5, 0.6) is 5.75 Å². The van der Waals surface area contributed by atoms with E-state index in [9.17, 15) is 15.4 Å². The summed E-state index contributed by atoms with van der Waals surface area (Å²) >= 11 is 0. The van der Waals surface area contributed by atoms with E-state index >= 15 is 0 Å². The summed E-state index contributed by atoms with van der Waals surface area (Å²) in [5, 5.41) is 21.1. The minimum Gasteiger partial charge on any atom is -0.497 e. The molecule has 24 heavy (non-hydrogen) atoms. The summed E-state index contributed by atoms with van der Waals surface area (Å²) in [7, 11) is 1.53. The summed E-state index contributed by atoms with van der Waals surface area (Å²) in [5.41, 5.74) is 1.50. The molecule has 0 unspecified atom stereocenters. The second-order valence-corrected chi connectivity index (χ2v) is 5.27. The zero-order chi connectivity index (χ0) is 17.1. The number of ether oxygens (including phenoxy) is 2. The molecule has 1 heterocycles. The third kappa shape index (κ3) is 2.68. The van der Waals surface area contributed by atoms with Crippen molar-refractivity contribution in [3.63, 3.8) is 0 Å². The highest BCUT2D eigenvalue weighted by molar-refractivity contribution is 5.72. The Morgan fingerprint density at radius 2 is 1.96 bits per heavy atom. The van der Waals surface area contributed by atoms with Gasteiger partial charge in [0, 0.05) is 5.56 Å². The number of nitro groups is 1. The average molecular weight is 322 g/mol. The van der Waals surface area contributed by atoms with Crippen LogP contribution < -0.4 is 4.74 Å². The van der Waals surface area contributed by atoms with Gasteiger partial charge in [-0.05, 0) is 17.7 Å². The van der Waals surface area contributed by atoms with Crippen LogP contribution in [0.3, 0.4) is 0 Å². The molecular weight excluding hydrogens is 308 g/mol.